The maximum atomic E-state index is 10.5. The number of rotatable bonds is 6. The normalized spacial score (nSPS) is 10.4. The van der Waals surface area contributed by atoms with Crippen molar-refractivity contribution in [2.45, 2.75) is 33.2 Å². The van der Waals surface area contributed by atoms with E-state index in [1.165, 1.54) is 16.7 Å². The van der Waals surface area contributed by atoms with Gasteiger partial charge in [-0.05, 0) is 43.5 Å². The minimum atomic E-state index is -0.228. The summed E-state index contributed by atoms with van der Waals surface area (Å²) in [5.74, 6) is -0.228. The summed E-state index contributed by atoms with van der Waals surface area (Å²) in [5, 5.41) is 3.33. The molecule has 0 saturated carbocycles. The molecule has 0 saturated heterocycles. The lowest BCUT2D eigenvalue weighted by Crippen LogP contribution is -2.19. The van der Waals surface area contributed by atoms with Crippen molar-refractivity contribution in [2.75, 3.05) is 6.54 Å². The number of carbonyl (C=O) groups excluding carboxylic acids is 1. The van der Waals surface area contributed by atoms with Crippen molar-refractivity contribution in [3.05, 3.63) is 34.9 Å². The van der Waals surface area contributed by atoms with Gasteiger partial charge in [0.15, 0.2) is 0 Å². The summed E-state index contributed by atoms with van der Waals surface area (Å²) >= 11 is 0. The topological polar surface area (TPSA) is 55.1 Å². The number of nitrogens with two attached hydrogens (primary N) is 1. The molecule has 1 aromatic carbocycles. The molecule has 3 N–H and O–H groups in total. The third-order valence-electron chi connectivity index (χ3n) is 2.72. The Morgan fingerprint density at radius 2 is 1.94 bits per heavy atom. The molecule has 0 fully saturated rings. The molecular formula is C13H20N2O. The number of benzene rings is 1. The van der Waals surface area contributed by atoms with Gasteiger partial charge in [-0.1, -0.05) is 18.2 Å². The van der Waals surface area contributed by atoms with E-state index in [0.29, 0.717) is 6.42 Å². The van der Waals surface area contributed by atoms with Crippen molar-refractivity contribution in [3.63, 3.8) is 0 Å². The third kappa shape index (κ3) is 4.03. The van der Waals surface area contributed by atoms with E-state index in [1.807, 2.05) is 0 Å². The van der Waals surface area contributed by atoms with Gasteiger partial charge in [-0.15, -0.1) is 0 Å². The second-order valence-corrected chi connectivity index (χ2v) is 4.12. The molecule has 0 unspecified atom stereocenters. The summed E-state index contributed by atoms with van der Waals surface area (Å²) in [6, 6.07) is 6.31. The molecule has 1 amide bonds. The average molecular weight is 220 g/mol. The smallest absolute Gasteiger partial charge is 0.217 e. The molecule has 1 aromatic rings. The summed E-state index contributed by atoms with van der Waals surface area (Å²) in [5.41, 5.74) is 9.03. The molecular weight excluding hydrogens is 200 g/mol. The van der Waals surface area contributed by atoms with Crippen LogP contribution in [0.5, 0.6) is 0 Å². The van der Waals surface area contributed by atoms with Gasteiger partial charge in [0, 0.05) is 13.0 Å². The van der Waals surface area contributed by atoms with Gasteiger partial charge in [-0.3, -0.25) is 4.79 Å². The lowest BCUT2D eigenvalue weighted by molar-refractivity contribution is -0.118. The molecule has 16 heavy (non-hydrogen) atoms. The van der Waals surface area contributed by atoms with Gasteiger partial charge in [0.25, 0.3) is 0 Å². The van der Waals surface area contributed by atoms with E-state index < -0.39 is 0 Å². The number of hydrogen-bond donors (Lipinski definition) is 2. The fourth-order valence-electron chi connectivity index (χ4n) is 1.73. The number of primary amides is 1. The average Bonchev–Trinajstić information content (AvgIpc) is 2.21. The van der Waals surface area contributed by atoms with Gasteiger partial charge >= 0.3 is 0 Å². The van der Waals surface area contributed by atoms with E-state index >= 15 is 0 Å². The largest absolute Gasteiger partial charge is 0.370 e. The van der Waals surface area contributed by atoms with E-state index in [1.54, 1.807) is 0 Å². The zero-order chi connectivity index (χ0) is 12.0. The first kappa shape index (κ1) is 12.7. The summed E-state index contributed by atoms with van der Waals surface area (Å²) in [4.78, 5) is 10.5. The minimum Gasteiger partial charge on any atom is -0.370 e. The van der Waals surface area contributed by atoms with E-state index in [4.69, 9.17) is 5.73 Å². The Hall–Kier alpha value is -1.35. The first-order valence-corrected chi connectivity index (χ1v) is 5.65. The number of hydrogen-bond acceptors (Lipinski definition) is 2. The molecule has 3 nitrogen and oxygen atoms in total. The lowest BCUT2D eigenvalue weighted by Gasteiger charge is -2.10. The highest BCUT2D eigenvalue weighted by Gasteiger charge is 2.01. The fraction of sp³-hybridized carbons (Fsp3) is 0.462. The second-order valence-electron chi connectivity index (χ2n) is 4.12. The van der Waals surface area contributed by atoms with Crippen LogP contribution in [-0.4, -0.2) is 12.5 Å². The van der Waals surface area contributed by atoms with Gasteiger partial charge in [0.1, 0.15) is 0 Å². The predicted octanol–water partition coefficient (Wildman–Crippen LogP) is 1.66. The molecule has 88 valence electrons. The number of carbonyl (C=O) groups is 1. The quantitative estimate of drug-likeness (QED) is 0.716. The molecule has 0 aliphatic carbocycles. The monoisotopic (exact) mass is 220 g/mol. The van der Waals surface area contributed by atoms with Crippen molar-refractivity contribution in [1.29, 1.82) is 0 Å². The summed E-state index contributed by atoms with van der Waals surface area (Å²) in [6.45, 7) is 5.93. The van der Waals surface area contributed by atoms with Crippen molar-refractivity contribution < 1.29 is 4.79 Å². The highest BCUT2D eigenvalue weighted by molar-refractivity contribution is 5.73. The summed E-state index contributed by atoms with van der Waals surface area (Å²) in [6.07, 6.45) is 1.26. The molecule has 0 aliphatic heterocycles. The van der Waals surface area contributed by atoms with Crippen LogP contribution in [0.25, 0.3) is 0 Å². The number of nitrogens with one attached hydrogen (secondary N) is 1. The zero-order valence-electron chi connectivity index (χ0n) is 10.0. The highest BCUT2D eigenvalue weighted by atomic mass is 16.1. The Morgan fingerprint density at radius 1 is 1.31 bits per heavy atom. The molecule has 0 radical (unpaired) electrons. The van der Waals surface area contributed by atoms with Crippen LogP contribution in [-0.2, 0) is 11.3 Å². The van der Waals surface area contributed by atoms with Gasteiger partial charge < -0.3 is 11.1 Å². The van der Waals surface area contributed by atoms with Crippen LogP contribution in [0.4, 0.5) is 0 Å². The van der Waals surface area contributed by atoms with Gasteiger partial charge in [-0.25, -0.2) is 0 Å². The highest BCUT2D eigenvalue weighted by Crippen LogP contribution is 2.12. The molecule has 3 heteroatoms. The molecule has 0 atom stereocenters. The second kappa shape index (κ2) is 6.28. The standard InChI is InChI=1S/C13H20N2O/c1-10-5-3-6-11(2)12(10)9-15-8-4-7-13(14)16/h3,5-6,15H,4,7-9H2,1-2H3,(H2,14,16). The van der Waals surface area contributed by atoms with Crippen LogP contribution < -0.4 is 11.1 Å². The van der Waals surface area contributed by atoms with Crippen LogP contribution in [0.3, 0.4) is 0 Å². The van der Waals surface area contributed by atoms with E-state index in [-0.39, 0.29) is 5.91 Å². The Kier molecular flexibility index (Phi) is 4.99. The van der Waals surface area contributed by atoms with E-state index in [0.717, 1.165) is 19.5 Å². The SMILES string of the molecule is Cc1cccc(C)c1CNCCCC(N)=O. The van der Waals surface area contributed by atoms with E-state index in [9.17, 15) is 4.79 Å². The van der Waals surface area contributed by atoms with Crippen LogP contribution in [0.15, 0.2) is 18.2 Å². The first-order chi connectivity index (χ1) is 7.61. The Balaban J connectivity index is 2.34. The summed E-state index contributed by atoms with van der Waals surface area (Å²) in [7, 11) is 0. The number of aryl methyl sites for hydroxylation is 2. The van der Waals surface area contributed by atoms with Crippen molar-refractivity contribution >= 4 is 5.91 Å². The van der Waals surface area contributed by atoms with Crippen LogP contribution in [0.1, 0.15) is 29.5 Å². The fourth-order valence-corrected chi connectivity index (χ4v) is 1.73. The third-order valence-corrected chi connectivity index (χ3v) is 2.72. The first-order valence-electron chi connectivity index (χ1n) is 5.65. The molecule has 0 aromatic heterocycles. The summed E-state index contributed by atoms with van der Waals surface area (Å²) < 4.78 is 0. The van der Waals surface area contributed by atoms with Crippen molar-refractivity contribution in [1.82, 2.24) is 5.32 Å². The Bertz CT molecular complexity index is 341. The Morgan fingerprint density at radius 3 is 2.50 bits per heavy atom. The van der Waals surface area contributed by atoms with Gasteiger partial charge in [0.2, 0.25) is 5.91 Å². The van der Waals surface area contributed by atoms with Crippen LogP contribution in [0, 0.1) is 13.8 Å². The van der Waals surface area contributed by atoms with E-state index in [2.05, 4.69) is 37.4 Å². The van der Waals surface area contributed by atoms with Crippen molar-refractivity contribution in [3.8, 4) is 0 Å². The zero-order valence-corrected chi connectivity index (χ0v) is 10.0. The maximum absolute atomic E-state index is 10.5. The predicted molar refractivity (Wildman–Crippen MR) is 66.1 cm³/mol. The van der Waals surface area contributed by atoms with Crippen LogP contribution >= 0.6 is 0 Å². The van der Waals surface area contributed by atoms with Crippen LogP contribution in [0.2, 0.25) is 0 Å². The Labute approximate surface area is 97.0 Å². The van der Waals surface area contributed by atoms with Gasteiger partial charge in [0.05, 0.1) is 0 Å². The molecule has 0 heterocycles. The molecule has 0 aliphatic rings. The number of amides is 1. The molecule has 0 spiro atoms. The molecule has 1 rings (SSSR count). The minimum absolute atomic E-state index is 0.228. The van der Waals surface area contributed by atoms with Gasteiger partial charge in [-0.2, -0.15) is 0 Å². The maximum Gasteiger partial charge on any atom is 0.217 e. The van der Waals surface area contributed by atoms with Crippen molar-refractivity contribution in [2.24, 2.45) is 5.73 Å². The molecule has 0 bridgehead atoms. The lowest BCUT2D eigenvalue weighted by atomic mass is 10.0.